The number of oxime groups is 1. The molecule has 0 aromatic heterocycles. The van der Waals surface area contributed by atoms with E-state index in [0.29, 0.717) is 12.0 Å². The zero-order valence-corrected chi connectivity index (χ0v) is 11.7. The van der Waals surface area contributed by atoms with Crippen molar-refractivity contribution >= 4 is 5.84 Å². The van der Waals surface area contributed by atoms with E-state index >= 15 is 0 Å². The van der Waals surface area contributed by atoms with Gasteiger partial charge in [-0.1, -0.05) is 43.3 Å². The molecule has 104 valence electrons. The van der Waals surface area contributed by atoms with Crippen LogP contribution < -0.4 is 5.73 Å². The molecule has 0 bridgehead atoms. The molecular weight excluding hydrogens is 238 g/mol. The van der Waals surface area contributed by atoms with Crippen LogP contribution in [0.1, 0.15) is 37.8 Å². The van der Waals surface area contributed by atoms with Crippen LogP contribution in [0, 0.1) is 5.92 Å². The lowest BCUT2D eigenvalue weighted by molar-refractivity contribution is 0.198. The minimum atomic E-state index is 0.191. The van der Waals surface area contributed by atoms with Crippen LogP contribution in [0.15, 0.2) is 29.4 Å². The summed E-state index contributed by atoms with van der Waals surface area (Å²) < 4.78 is 0. The smallest absolute Gasteiger partial charge is 0.170 e. The highest BCUT2D eigenvalue weighted by atomic mass is 16.4. The molecule has 4 heteroatoms. The third-order valence-corrected chi connectivity index (χ3v) is 3.96. The first-order valence-corrected chi connectivity index (χ1v) is 6.93. The summed E-state index contributed by atoms with van der Waals surface area (Å²) in [5, 5.41) is 12.0. The molecular formula is C15H23N3O. The van der Waals surface area contributed by atoms with E-state index in [1.165, 1.54) is 12.8 Å². The minimum Gasteiger partial charge on any atom is -0.409 e. The number of likely N-dealkylation sites (tertiary alicyclic amines) is 1. The summed E-state index contributed by atoms with van der Waals surface area (Å²) >= 11 is 0. The number of benzene rings is 1. The molecule has 0 spiro atoms. The van der Waals surface area contributed by atoms with Crippen LogP contribution >= 0.6 is 0 Å². The average Bonchev–Trinajstić information content (AvgIpc) is 2.87. The van der Waals surface area contributed by atoms with Gasteiger partial charge >= 0.3 is 0 Å². The molecule has 19 heavy (non-hydrogen) atoms. The van der Waals surface area contributed by atoms with Gasteiger partial charge in [-0.05, 0) is 30.9 Å². The summed E-state index contributed by atoms with van der Waals surface area (Å²) in [7, 11) is 0. The van der Waals surface area contributed by atoms with Crippen molar-refractivity contribution in [3.63, 3.8) is 0 Å². The van der Waals surface area contributed by atoms with Gasteiger partial charge in [0.25, 0.3) is 0 Å². The number of nitrogens with two attached hydrogens (primary N) is 1. The van der Waals surface area contributed by atoms with E-state index in [1.807, 2.05) is 18.2 Å². The summed E-state index contributed by atoms with van der Waals surface area (Å²) in [6, 6.07) is 8.53. The monoisotopic (exact) mass is 261 g/mol. The molecule has 1 saturated heterocycles. The molecule has 1 aromatic rings. The van der Waals surface area contributed by atoms with Crippen molar-refractivity contribution in [1.82, 2.24) is 4.90 Å². The number of hydrogen-bond donors (Lipinski definition) is 2. The topological polar surface area (TPSA) is 61.8 Å². The molecule has 2 rings (SSSR count). The Morgan fingerprint density at radius 3 is 2.89 bits per heavy atom. The van der Waals surface area contributed by atoms with E-state index in [9.17, 15) is 0 Å². The van der Waals surface area contributed by atoms with Crippen molar-refractivity contribution < 1.29 is 5.21 Å². The molecule has 3 N–H and O–H groups in total. The first-order valence-electron chi connectivity index (χ1n) is 6.93. The maximum absolute atomic E-state index is 8.86. The molecule has 1 aliphatic rings. The van der Waals surface area contributed by atoms with Gasteiger partial charge in [0, 0.05) is 18.2 Å². The lowest BCUT2D eigenvalue weighted by Crippen LogP contribution is -2.33. The number of rotatable bonds is 4. The van der Waals surface area contributed by atoms with Crippen molar-refractivity contribution in [2.75, 3.05) is 6.54 Å². The Labute approximate surface area is 114 Å². The first-order chi connectivity index (χ1) is 9.13. The normalized spacial score (nSPS) is 21.2. The van der Waals surface area contributed by atoms with Crippen molar-refractivity contribution in [2.45, 2.75) is 39.3 Å². The van der Waals surface area contributed by atoms with Crippen LogP contribution in [0.2, 0.25) is 0 Å². The van der Waals surface area contributed by atoms with Gasteiger partial charge in [0.15, 0.2) is 5.84 Å². The fourth-order valence-electron chi connectivity index (χ4n) is 2.98. The molecule has 0 saturated carbocycles. The zero-order chi connectivity index (χ0) is 13.8. The van der Waals surface area contributed by atoms with Crippen LogP contribution in [0.4, 0.5) is 0 Å². The Hall–Kier alpha value is -1.55. The van der Waals surface area contributed by atoms with Crippen LogP contribution in [0.25, 0.3) is 0 Å². The SMILES string of the molecule is CC(C)C1CCCN1Cc1ccccc1C(N)=NO. The summed E-state index contributed by atoms with van der Waals surface area (Å²) in [5.41, 5.74) is 7.71. The van der Waals surface area contributed by atoms with Crippen molar-refractivity contribution in [1.29, 1.82) is 0 Å². The van der Waals surface area contributed by atoms with Gasteiger partial charge in [0.2, 0.25) is 0 Å². The fraction of sp³-hybridized carbons (Fsp3) is 0.533. The van der Waals surface area contributed by atoms with E-state index in [1.54, 1.807) is 0 Å². The third kappa shape index (κ3) is 3.07. The Morgan fingerprint density at radius 1 is 1.47 bits per heavy atom. The van der Waals surface area contributed by atoms with Gasteiger partial charge in [-0.25, -0.2) is 0 Å². The van der Waals surface area contributed by atoms with Gasteiger partial charge in [0.05, 0.1) is 0 Å². The number of nitrogens with zero attached hydrogens (tertiary/aromatic N) is 2. The highest BCUT2D eigenvalue weighted by Crippen LogP contribution is 2.26. The molecule has 0 radical (unpaired) electrons. The first kappa shape index (κ1) is 13.9. The molecule has 1 aromatic carbocycles. The quantitative estimate of drug-likeness (QED) is 0.379. The van der Waals surface area contributed by atoms with Gasteiger partial charge in [0.1, 0.15) is 0 Å². The molecule has 1 unspecified atom stereocenters. The molecule has 0 amide bonds. The summed E-state index contributed by atoms with van der Waals surface area (Å²) in [4.78, 5) is 2.51. The van der Waals surface area contributed by atoms with Crippen LogP contribution in [-0.4, -0.2) is 28.5 Å². The van der Waals surface area contributed by atoms with Crippen LogP contribution in [0.3, 0.4) is 0 Å². The number of hydrogen-bond acceptors (Lipinski definition) is 3. The summed E-state index contributed by atoms with van der Waals surface area (Å²) in [5.74, 6) is 0.856. The molecule has 1 aliphatic heterocycles. The van der Waals surface area contributed by atoms with Crippen molar-refractivity contribution in [3.8, 4) is 0 Å². The Morgan fingerprint density at radius 2 is 2.21 bits per heavy atom. The van der Waals surface area contributed by atoms with Gasteiger partial charge in [-0.2, -0.15) is 0 Å². The second-order valence-corrected chi connectivity index (χ2v) is 5.57. The standard InChI is InChI=1S/C15H23N3O/c1-11(2)14-8-5-9-18(14)10-12-6-3-4-7-13(12)15(16)17-19/h3-4,6-7,11,14,19H,5,8-10H2,1-2H3,(H2,16,17). The fourth-order valence-corrected chi connectivity index (χ4v) is 2.98. The number of amidine groups is 1. The third-order valence-electron chi connectivity index (χ3n) is 3.96. The van der Waals surface area contributed by atoms with Crippen LogP contribution in [0.5, 0.6) is 0 Å². The Bertz CT molecular complexity index is 456. The average molecular weight is 261 g/mol. The highest BCUT2D eigenvalue weighted by molar-refractivity contribution is 5.98. The van der Waals surface area contributed by atoms with Crippen LogP contribution in [-0.2, 0) is 6.54 Å². The summed E-state index contributed by atoms with van der Waals surface area (Å²) in [6.45, 7) is 6.56. The summed E-state index contributed by atoms with van der Waals surface area (Å²) in [6.07, 6.45) is 2.53. The van der Waals surface area contributed by atoms with Gasteiger partial charge in [-0.15, -0.1) is 0 Å². The van der Waals surface area contributed by atoms with E-state index in [-0.39, 0.29) is 5.84 Å². The maximum Gasteiger partial charge on any atom is 0.170 e. The minimum absolute atomic E-state index is 0.191. The van der Waals surface area contributed by atoms with Crippen molar-refractivity contribution in [3.05, 3.63) is 35.4 Å². The molecule has 4 nitrogen and oxygen atoms in total. The molecule has 0 aliphatic carbocycles. The molecule has 1 fully saturated rings. The predicted molar refractivity (Wildman–Crippen MR) is 77.2 cm³/mol. The van der Waals surface area contributed by atoms with E-state index < -0.39 is 0 Å². The lowest BCUT2D eigenvalue weighted by Gasteiger charge is -2.28. The second kappa shape index (κ2) is 6.06. The van der Waals surface area contributed by atoms with Crippen molar-refractivity contribution in [2.24, 2.45) is 16.8 Å². The Balaban J connectivity index is 2.19. The maximum atomic E-state index is 8.86. The highest BCUT2D eigenvalue weighted by Gasteiger charge is 2.27. The van der Waals surface area contributed by atoms with E-state index in [2.05, 4.69) is 30.0 Å². The Kier molecular flexibility index (Phi) is 4.43. The zero-order valence-electron chi connectivity index (χ0n) is 11.7. The van der Waals surface area contributed by atoms with Gasteiger partial charge in [-0.3, -0.25) is 4.90 Å². The largest absolute Gasteiger partial charge is 0.409 e. The second-order valence-electron chi connectivity index (χ2n) is 5.57. The molecule has 1 atom stereocenters. The van der Waals surface area contributed by atoms with Gasteiger partial charge < -0.3 is 10.9 Å². The molecule has 1 heterocycles. The predicted octanol–water partition coefficient (Wildman–Crippen LogP) is 2.40. The van der Waals surface area contributed by atoms with E-state index in [4.69, 9.17) is 10.9 Å². The van der Waals surface area contributed by atoms with E-state index in [0.717, 1.165) is 24.2 Å². The lowest BCUT2D eigenvalue weighted by atomic mass is 10.0.